The van der Waals surface area contributed by atoms with Gasteiger partial charge >= 0.3 is 6.18 Å². The summed E-state index contributed by atoms with van der Waals surface area (Å²) >= 11 is 3.21. The van der Waals surface area contributed by atoms with E-state index in [4.69, 9.17) is 0 Å². The number of halogens is 4. The van der Waals surface area contributed by atoms with Crippen LogP contribution in [0.25, 0.3) is 0 Å². The summed E-state index contributed by atoms with van der Waals surface area (Å²) < 4.78 is 41.0. The zero-order chi connectivity index (χ0) is 18.2. The predicted molar refractivity (Wildman–Crippen MR) is 89.1 cm³/mol. The van der Waals surface area contributed by atoms with Crippen molar-refractivity contribution in [2.75, 3.05) is 18.0 Å². The maximum atomic E-state index is 12.9. The molecule has 0 saturated carbocycles. The highest BCUT2D eigenvalue weighted by molar-refractivity contribution is 9.10. The van der Waals surface area contributed by atoms with Gasteiger partial charge < -0.3 is 9.47 Å². The van der Waals surface area contributed by atoms with Gasteiger partial charge in [0.05, 0.1) is 16.8 Å². The molecule has 9 heteroatoms. The minimum absolute atomic E-state index is 0.0267. The summed E-state index contributed by atoms with van der Waals surface area (Å²) in [5, 5.41) is 17.3. The predicted octanol–water partition coefficient (Wildman–Crippen LogP) is 3.85. The van der Waals surface area contributed by atoms with Gasteiger partial charge in [-0.05, 0) is 40.9 Å². The standard InChI is InChI=1S/C16H15BrF3N5/c1-24-9-22-23-15(24)10-2-4-25(5-3-10)14-11(8-21)6-12(7-13(14)17)16(18,19)20/h6-7,9-10H,2-5H2,1H3. The normalized spacial score (nSPS) is 16.1. The van der Waals surface area contributed by atoms with Crippen molar-refractivity contribution < 1.29 is 13.2 Å². The number of hydrogen-bond acceptors (Lipinski definition) is 4. The first-order valence-electron chi connectivity index (χ1n) is 7.71. The maximum absolute atomic E-state index is 12.9. The molecule has 0 amide bonds. The molecular formula is C16H15BrF3N5. The van der Waals surface area contributed by atoms with Crippen LogP contribution < -0.4 is 4.90 Å². The van der Waals surface area contributed by atoms with Gasteiger partial charge in [-0.3, -0.25) is 0 Å². The Bertz CT molecular complexity index is 816. The Labute approximate surface area is 151 Å². The van der Waals surface area contributed by atoms with Crippen LogP contribution in [-0.4, -0.2) is 27.9 Å². The number of hydrogen-bond donors (Lipinski definition) is 0. The molecule has 2 heterocycles. The van der Waals surface area contributed by atoms with Crippen LogP contribution in [0.1, 0.15) is 35.7 Å². The monoisotopic (exact) mass is 413 g/mol. The number of nitriles is 1. The minimum Gasteiger partial charge on any atom is -0.370 e. The summed E-state index contributed by atoms with van der Waals surface area (Å²) in [5.74, 6) is 1.16. The molecule has 0 bridgehead atoms. The van der Waals surface area contributed by atoms with Crippen molar-refractivity contribution in [1.82, 2.24) is 14.8 Å². The first-order chi connectivity index (χ1) is 11.8. The third-order valence-electron chi connectivity index (χ3n) is 4.43. The van der Waals surface area contributed by atoms with Crippen LogP contribution >= 0.6 is 15.9 Å². The zero-order valence-corrected chi connectivity index (χ0v) is 15.0. The summed E-state index contributed by atoms with van der Waals surface area (Å²) in [6.07, 6.45) is -1.23. The van der Waals surface area contributed by atoms with E-state index in [-0.39, 0.29) is 16.0 Å². The van der Waals surface area contributed by atoms with Crippen LogP contribution in [0.4, 0.5) is 18.9 Å². The largest absolute Gasteiger partial charge is 0.416 e. The van der Waals surface area contributed by atoms with E-state index in [2.05, 4.69) is 26.1 Å². The van der Waals surface area contributed by atoms with Crippen molar-refractivity contribution >= 4 is 21.6 Å². The first-order valence-corrected chi connectivity index (χ1v) is 8.50. The lowest BCUT2D eigenvalue weighted by atomic mass is 9.95. The number of alkyl halides is 3. The molecule has 1 aromatic heterocycles. The number of nitrogens with zero attached hydrogens (tertiary/aromatic N) is 5. The van der Waals surface area contributed by atoms with Crippen molar-refractivity contribution in [2.24, 2.45) is 7.05 Å². The van der Waals surface area contributed by atoms with Gasteiger partial charge in [0, 0.05) is 30.5 Å². The molecule has 0 spiro atoms. The summed E-state index contributed by atoms with van der Waals surface area (Å²) in [6.45, 7) is 1.27. The molecular weight excluding hydrogens is 399 g/mol. The highest BCUT2D eigenvalue weighted by Gasteiger charge is 2.33. The second-order valence-electron chi connectivity index (χ2n) is 6.03. The van der Waals surface area contributed by atoms with E-state index in [1.807, 2.05) is 22.6 Å². The Kier molecular flexibility index (Phi) is 4.73. The van der Waals surface area contributed by atoms with Gasteiger partial charge in [0.25, 0.3) is 0 Å². The molecule has 2 aromatic rings. The SMILES string of the molecule is Cn1cnnc1C1CCN(c2c(Br)cc(C(F)(F)F)cc2C#N)CC1. The average molecular weight is 414 g/mol. The molecule has 1 saturated heterocycles. The molecule has 1 aliphatic heterocycles. The second kappa shape index (κ2) is 6.67. The Balaban J connectivity index is 1.84. The lowest BCUT2D eigenvalue weighted by Crippen LogP contribution is -2.34. The molecule has 0 radical (unpaired) electrons. The van der Waals surface area contributed by atoms with E-state index in [1.165, 1.54) is 0 Å². The van der Waals surface area contributed by atoms with E-state index >= 15 is 0 Å². The van der Waals surface area contributed by atoms with Crippen LogP contribution in [0.15, 0.2) is 22.9 Å². The Hall–Kier alpha value is -2.08. The summed E-state index contributed by atoms with van der Waals surface area (Å²) in [5.41, 5.74) is -0.278. The molecule has 132 valence electrons. The number of aromatic nitrogens is 3. The molecule has 0 atom stereocenters. The number of aryl methyl sites for hydroxylation is 1. The number of anilines is 1. The van der Waals surface area contributed by atoms with Gasteiger partial charge in [0.1, 0.15) is 18.2 Å². The third-order valence-corrected chi connectivity index (χ3v) is 5.04. The van der Waals surface area contributed by atoms with Gasteiger partial charge in [0.15, 0.2) is 0 Å². The summed E-state index contributed by atoms with van der Waals surface area (Å²) in [6, 6.07) is 3.84. The fourth-order valence-electron chi connectivity index (χ4n) is 3.19. The van der Waals surface area contributed by atoms with E-state index in [9.17, 15) is 18.4 Å². The van der Waals surface area contributed by atoms with Crippen LogP contribution in [0.5, 0.6) is 0 Å². The van der Waals surface area contributed by atoms with Crippen LogP contribution in [0.2, 0.25) is 0 Å². The topological polar surface area (TPSA) is 57.7 Å². The van der Waals surface area contributed by atoms with E-state index < -0.39 is 11.7 Å². The average Bonchev–Trinajstić information content (AvgIpc) is 2.99. The Morgan fingerprint density at radius 3 is 2.48 bits per heavy atom. The smallest absolute Gasteiger partial charge is 0.370 e. The number of benzene rings is 1. The van der Waals surface area contributed by atoms with Crippen molar-refractivity contribution in [3.63, 3.8) is 0 Å². The molecule has 1 fully saturated rings. The van der Waals surface area contributed by atoms with Gasteiger partial charge in [-0.25, -0.2) is 0 Å². The highest BCUT2D eigenvalue weighted by Crippen LogP contribution is 2.39. The second-order valence-corrected chi connectivity index (χ2v) is 6.88. The zero-order valence-electron chi connectivity index (χ0n) is 13.4. The quantitative estimate of drug-likeness (QED) is 0.749. The molecule has 5 nitrogen and oxygen atoms in total. The van der Waals surface area contributed by atoms with Gasteiger partial charge in [0.2, 0.25) is 0 Å². The maximum Gasteiger partial charge on any atom is 0.416 e. The van der Waals surface area contributed by atoms with Gasteiger partial charge in [-0.2, -0.15) is 18.4 Å². The first kappa shape index (κ1) is 17.7. The van der Waals surface area contributed by atoms with Gasteiger partial charge in [-0.1, -0.05) is 0 Å². The van der Waals surface area contributed by atoms with Crippen molar-refractivity contribution in [3.05, 3.63) is 39.9 Å². The molecule has 1 aliphatic rings. The van der Waals surface area contributed by atoms with Crippen molar-refractivity contribution in [3.8, 4) is 6.07 Å². The van der Waals surface area contributed by atoms with Crippen molar-refractivity contribution in [1.29, 1.82) is 5.26 Å². The molecule has 25 heavy (non-hydrogen) atoms. The number of rotatable bonds is 2. The fraction of sp³-hybridized carbons (Fsp3) is 0.438. The van der Waals surface area contributed by atoms with E-state index in [0.717, 1.165) is 30.8 Å². The molecule has 0 unspecified atom stereocenters. The van der Waals surface area contributed by atoms with E-state index in [1.54, 1.807) is 6.33 Å². The molecule has 3 rings (SSSR count). The summed E-state index contributed by atoms with van der Waals surface area (Å²) in [4.78, 5) is 1.95. The molecule has 1 aromatic carbocycles. The Morgan fingerprint density at radius 2 is 1.96 bits per heavy atom. The lowest BCUT2D eigenvalue weighted by molar-refractivity contribution is -0.137. The molecule has 0 aliphatic carbocycles. The van der Waals surface area contributed by atoms with Crippen molar-refractivity contribution in [2.45, 2.75) is 24.9 Å². The lowest BCUT2D eigenvalue weighted by Gasteiger charge is -2.34. The fourth-order valence-corrected chi connectivity index (χ4v) is 3.90. The number of piperidine rings is 1. The van der Waals surface area contributed by atoms with Crippen LogP contribution in [-0.2, 0) is 13.2 Å². The van der Waals surface area contributed by atoms with Crippen LogP contribution in [0.3, 0.4) is 0 Å². The third kappa shape index (κ3) is 3.49. The highest BCUT2D eigenvalue weighted by atomic mass is 79.9. The molecule has 0 N–H and O–H groups in total. The van der Waals surface area contributed by atoms with E-state index in [0.29, 0.717) is 18.8 Å². The summed E-state index contributed by atoms with van der Waals surface area (Å²) in [7, 11) is 1.89. The Morgan fingerprint density at radius 1 is 1.28 bits per heavy atom. The van der Waals surface area contributed by atoms with Gasteiger partial charge in [-0.15, -0.1) is 10.2 Å². The van der Waals surface area contributed by atoms with Crippen LogP contribution in [0, 0.1) is 11.3 Å². The minimum atomic E-state index is -4.48.